The van der Waals surface area contributed by atoms with Crippen molar-refractivity contribution in [3.63, 3.8) is 0 Å². The van der Waals surface area contributed by atoms with E-state index in [0.717, 1.165) is 45.8 Å². The predicted octanol–water partition coefficient (Wildman–Crippen LogP) is 4.00. The van der Waals surface area contributed by atoms with E-state index in [1.165, 1.54) is 22.4 Å². The summed E-state index contributed by atoms with van der Waals surface area (Å²) in [5, 5.41) is 16.5. The lowest BCUT2D eigenvalue weighted by Gasteiger charge is -2.21. The van der Waals surface area contributed by atoms with E-state index < -0.39 is 0 Å². The Morgan fingerprint density at radius 1 is 1.25 bits per heavy atom. The van der Waals surface area contributed by atoms with Gasteiger partial charge in [0, 0.05) is 34.6 Å². The Morgan fingerprint density at radius 3 is 2.92 bits per heavy atom. The number of rotatable bonds is 0. The molecule has 1 aliphatic rings. The molecule has 5 rings (SSSR count). The second-order valence-electron chi connectivity index (χ2n) is 6.51. The second-order valence-corrected chi connectivity index (χ2v) is 6.51. The number of nitriles is 1. The van der Waals surface area contributed by atoms with Gasteiger partial charge >= 0.3 is 0 Å². The first-order valence-electron chi connectivity index (χ1n) is 8.18. The maximum Gasteiger partial charge on any atom is 0.100 e. The van der Waals surface area contributed by atoms with Crippen molar-refractivity contribution >= 4 is 21.8 Å². The molecule has 0 amide bonds. The van der Waals surface area contributed by atoms with Gasteiger partial charge < -0.3 is 4.98 Å². The fourth-order valence-electron chi connectivity index (χ4n) is 4.26. The number of hydrogen-bond donors (Lipinski definition) is 1. The molecule has 2 aromatic heterocycles. The first-order valence-corrected chi connectivity index (χ1v) is 8.18. The Balaban J connectivity index is 2.03. The zero-order valence-corrected chi connectivity index (χ0v) is 13.6. The maximum atomic E-state index is 9.86. The lowest BCUT2D eigenvalue weighted by atomic mass is 9.83. The van der Waals surface area contributed by atoms with Gasteiger partial charge in [-0.05, 0) is 42.5 Å². The lowest BCUT2D eigenvalue weighted by molar-refractivity contribution is 0.701. The van der Waals surface area contributed by atoms with E-state index in [4.69, 9.17) is 0 Å². The molecule has 4 heteroatoms. The van der Waals surface area contributed by atoms with Crippen LogP contribution in [0.2, 0.25) is 0 Å². The van der Waals surface area contributed by atoms with Gasteiger partial charge in [0.1, 0.15) is 6.07 Å². The molecular weight excluding hydrogens is 296 g/mol. The highest BCUT2D eigenvalue weighted by molar-refractivity contribution is 6.13. The van der Waals surface area contributed by atoms with Gasteiger partial charge in [0.25, 0.3) is 0 Å². The molecule has 0 radical (unpaired) electrons. The summed E-state index contributed by atoms with van der Waals surface area (Å²) in [6.07, 6.45) is 3.89. The monoisotopic (exact) mass is 312 g/mol. The van der Waals surface area contributed by atoms with Crippen LogP contribution in [0.3, 0.4) is 0 Å². The van der Waals surface area contributed by atoms with Crippen molar-refractivity contribution < 1.29 is 0 Å². The maximum absolute atomic E-state index is 9.86. The summed E-state index contributed by atoms with van der Waals surface area (Å²) in [7, 11) is 1.99. The number of aromatic nitrogens is 3. The summed E-state index contributed by atoms with van der Waals surface area (Å²) < 4.78 is 1.96. The van der Waals surface area contributed by atoms with Gasteiger partial charge in [-0.1, -0.05) is 18.2 Å². The average Bonchev–Trinajstić information content (AvgIpc) is 3.16. The van der Waals surface area contributed by atoms with Crippen molar-refractivity contribution in [1.29, 1.82) is 5.26 Å². The molecule has 24 heavy (non-hydrogen) atoms. The van der Waals surface area contributed by atoms with Gasteiger partial charge in [0.15, 0.2) is 0 Å². The standard InChI is InChI=1S/C20H16N4/c1-11-14(9-21)19-12-5-3-4-6-16(12)23-20(19)13-7-8-17-15(18(11)13)10-22-24(17)2/h3-6,10,23H,7-8H2,1-2H3. The molecule has 0 unspecified atom stereocenters. The van der Waals surface area contributed by atoms with Crippen LogP contribution in [-0.4, -0.2) is 14.8 Å². The summed E-state index contributed by atoms with van der Waals surface area (Å²) in [5.74, 6) is 0. The van der Waals surface area contributed by atoms with Crippen LogP contribution in [0.5, 0.6) is 0 Å². The van der Waals surface area contributed by atoms with E-state index in [2.05, 4.69) is 35.2 Å². The van der Waals surface area contributed by atoms with Crippen molar-refractivity contribution in [2.75, 3.05) is 0 Å². The van der Waals surface area contributed by atoms with Crippen molar-refractivity contribution in [3.05, 3.63) is 52.8 Å². The molecule has 0 spiro atoms. The van der Waals surface area contributed by atoms with Crippen LogP contribution in [0.25, 0.3) is 32.9 Å². The first kappa shape index (κ1) is 13.4. The largest absolute Gasteiger partial charge is 0.354 e. The second kappa shape index (κ2) is 4.48. The van der Waals surface area contributed by atoms with Crippen LogP contribution in [-0.2, 0) is 19.9 Å². The summed E-state index contributed by atoms with van der Waals surface area (Å²) in [4.78, 5) is 3.57. The Bertz CT molecular complexity index is 1180. The molecule has 4 aromatic rings. The number of benzene rings is 2. The first-order chi connectivity index (χ1) is 11.7. The fourth-order valence-corrected chi connectivity index (χ4v) is 4.26. The Labute approximate surface area is 139 Å². The molecule has 2 aromatic carbocycles. The molecule has 4 nitrogen and oxygen atoms in total. The Kier molecular flexibility index (Phi) is 2.50. The van der Waals surface area contributed by atoms with Crippen LogP contribution in [0.4, 0.5) is 0 Å². The third-order valence-corrected chi connectivity index (χ3v) is 5.36. The fraction of sp³-hybridized carbons (Fsp3) is 0.200. The molecule has 0 fully saturated rings. The summed E-state index contributed by atoms with van der Waals surface area (Å²) in [6.45, 7) is 2.07. The number of aryl methyl sites for hydroxylation is 2. The van der Waals surface area contributed by atoms with Gasteiger partial charge in [-0.15, -0.1) is 0 Å². The Hall–Kier alpha value is -3.06. The topological polar surface area (TPSA) is 57.4 Å². The van der Waals surface area contributed by atoms with Gasteiger partial charge in [-0.2, -0.15) is 10.4 Å². The molecule has 0 aliphatic heterocycles. The third kappa shape index (κ3) is 1.49. The van der Waals surface area contributed by atoms with Crippen molar-refractivity contribution in [2.24, 2.45) is 7.05 Å². The predicted molar refractivity (Wildman–Crippen MR) is 94.9 cm³/mol. The van der Waals surface area contributed by atoms with Crippen molar-refractivity contribution in [1.82, 2.24) is 14.8 Å². The number of hydrogen-bond acceptors (Lipinski definition) is 2. The highest BCUT2D eigenvalue weighted by Gasteiger charge is 2.27. The Morgan fingerprint density at radius 2 is 2.08 bits per heavy atom. The minimum Gasteiger partial charge on any atom is -0.354 e. The smallest absolute Gasteiger partial charge is 0.100 e. The third-order valence-electron chi connectivity index (χ3n) is 5.36. The average molecular weight is 312 g/mol. The van der Waals surface area contributed by atoms with E-state index >= 15 is 0 Å². The van der Waals surface area contributed by atoms with Crippen LogP contribution in [0, 0.1) is 18.3 Å². The van der Waals surface area contributed by atoms with E-state index in [9.17, 15) is 5.26 Å². The highest BCUT2D eigenvalue weighted by Crippen LogP contribution is 2.43. The van der Waals surface area contributed by atoms with E-state index in [1.54, 1.807) is 0 Å². The van der Waals surface area contributed by atoms with Crippen LogP contribution >= 0.6 is 0 Å². The van der Waals surface area contributed by atoms with Gasteiger partial charge in [0.05, 0.1) is 17.3 Å². The molecule has 0 bridgehead atoms. The van der Waals surface area contributed by atoms with Crippen LogP contribution in [0.1, 0.15) is 22.4 Å². The van der Waals surface area contributed by atoms with Crippen LogP contribution < -0.4 is 0 Å². The number of para-hydroxylation sites is 1. The van der Waals surface area contributed by atoms with Crippen molar-refractivity contribution in [2.45, 2.75) is 19.8 Å². The van der Waals surface area contributed by atoms with E-state index in [1.807, 2.05) is 30.1 Å². The number of aromatic amines is 1. The van der Waals surface area contributed by atoms with Gasteiger partial charge in [0.2, 0.25) is 0 Å². The minimum absolute atomic E-state index is 0.776. The summed E-state index contributed by atoms with van der Waals surface area (Å²) >= 11 is 0. The zero-order valence-electron chi connectivity index (χ0n) is 13.6. The molecule has 0 saturated carbocycles. The number of fused-ring (bicyclic) bond motifs is 7. The van der Waals surface area contributed by atoms with Gasteiger partial charge in [-0.3, -0.25) is 4.68 Å². The minimum atomic E-state index is 0.776. The molecule has 0 saturated heterocycles. The molecule has 1 aliphatic carbocycles. The zero-order chi connectivity index (χ0) is 16.4. The molecule has 0 atom stereocenters. The van der Waals surface area contributed by atoms with Crippen LogP contribution in [0.15, 0.2) is 30.5 Å². The summed E-state index contributed by atoms with van der Waals surface area (Å²) in [5.41, 5.74) is 8.99. The highest BCUT2D eigenvalue weighted by atomic mass is 15.3. The number of nitrogens with one attached hydrogen (secondary N) is 1. The van der Waals surface area contributed by atoms with E-state index in [-0.39, 0.29) is 0 Å². The normalized spacial score (nSPS) is 13.0. The molecule has 1 N–H and O–H groups in total. The van der Waals surface area contributed by atoms with Crippen molar-refractivity contribution in [3.8, 4) is 17.2 Å². The number of nitrogens with zero attached hydrogens (tertiary/aromatic N) is 3. The summed E-state index contributed by atoms with van der Waals surface area (Å²) in [6, 6.07) is 10.7. The van der Waals surface area contributed by atoms with E-state index in [0.29, 0.717) is 0 Å². The molecule has 2 heterocycles. The quantitative estimate of drug-likeness (QED) is 0.533. The SMILES string of the molecule is Cc1c2c(c3[nH]c4ccccc4c3c1C#N)CCc1c-2cnn1C. The molecule has 116 valence electrons. The molecular formula is C20H16N4. The van der Waals surface area contributed by atoms with Gasteiger partial charge in [-0.25, -0.2) is 0 Å². The lowest BCUT2D eigenvalue weighted by Crippen LogP contribution is -2.10. The number of H-pyrrole nitrogens is 1.